The topological polar surface area (TPSA) is 63.9 Å². The molecule has 4 rings (SSSR count). The summed E-state index contributed by atoms with van der Waals surface area (Å²) in [6.07, 6.45) is 8.71. The van der Waals surface area contributed by atoms with E-state index in [-0.39, 0.29) is 17.4 Å². The molecule has 1 aliphatic rings. The van der Waals surface area contributed by atoms with Gasteiger partial charge in [0.2, 0.25) is 0 Å². The fourth-order valence-corrected chi connectivity index (χ4v) is 3.51. The van der Waals surface area contributed by atoms with Crippen LogP contribution in [0.25, 0.3) is 11.4 Å². The average Bonchev–Trinajstić information content (AvgIpc) is 3.14. The van der Waals surface area contributed by atoms with Crippen molar-refractivity contribution in [3.63, 3.8) is 0 Å². The van der Waals surface area contributed by atoms with Gasteiger partial charge in [0, 0.05) is 32.3 Å². The second-order valence-electron chi connectivity index (χ2n) is 6.79. The zero-order valence-corrected chi connectivity index (χ0v) is 15.0. The standard InChI is InChI=1S/C20H20FN5O/c1-25-13-23-11-19(25)18-10-22-9-17(24-18)14-5-4-8-26(12-14)20(27)15-6-2-3-7-16(15)21/h2-3,6-7,9-11,13-14H,4-5,8,12H2,1H3/t14-/m0/s1. The predicted molar refractivity (Wildman–Crippen MR) is 98.5 cm³/mol. The third kappa shape index (κ3) is 3.45. The minimum Gasteiger partial charge on any atom is -0.338 e. The number of hydrogen-bond donors (Lipinski definition) is 0. The molecule has 3 heterocycles. The molecule has 2 aromatic heterocycles. The molecule has 3 aromatic rings. The van der Waals surface area contributed by atoms with Crippen molar-refractivity contribution in [3.8, 4) is 11.4 Å². The van der Waals surface area contributed by atoms with Crippen LogP contribution < -0.4 is 0 Å². The van der Waals surface area contributed by atoms with E-state index in [2.05, 4.69) is 9.97 Å². The van der Waals surface area contributed by atoms with Crippen LogP contribution in [-0.4, -0.2) is 43.4 Å². The molecular weight excluding hydrogens is 345 g/mol. The van der Waals surface area contributed by atoms with Gasteiger partial charge < -0.3 is 9.47 Å². The molecule has 1 aromatic carbocycles. The molecule has 0 spiro atoms. The summed E-state index contributed by atoms with van der Waals surface area (Å²) < 4.78 is 15.9. The molecule has 138 valence electrons. The number of carbonyl (C=O) groups is 1. The van der Waals surface area contributed by atoms with Gasteiger partial charge in [-0.3, -0.25) is 9.78 Å². The molecule has 1 amide bonds. The van der Waals surface area contributed by atoms with Crippen molar-refractivity contribution < 1.29 is 9.18 Å². The van der Waals surface area contributed by atoms with Crippen molar-refractivity contribution in [1.29, 1.82) is 0 Å². The number of rotatable bonds is 3. The van der Waals surface area contributed by atoms with Crippen LogP contribution >= 0.6 is 0 Å². The third-order valence-corrected chi connectivity index (χ3v) is 4.96. The number of amides is 1. The molecule has 0 N–H and O–H groups in total. The lowest BCUT2D eigenvalue weighted by molar-refractivity contribution is 0.0701. The molecule has 0 radical (unpaired) electrons. The number of likely N-dealkylation sites (tertiary alicyclic amines) is 1. The van der Waals surface area contributed by atoms with Gasteiger partial charge in [-0.1, -0.05) is 12.1 Å². The first-order valence-corrected chi connectivity index (χ1v) is 8.96. The van der Waals surface area contributed by atoms with Crippen molar-refractivity contribution in [2.45, 2.75) is 18.8 Å². The van der Waals surface area contributed by atoms with E-state index in [0.717, 1.165) is 29.9 Å². The third-order valence-electron chi connectivity index (χ3n) is 4.96. The second-order valence-corrected chi connectivity index (χ2v) is 6.79. The van der Waals surface area contributed by atoms with E-state index in [1.54, 1.807) is 42.0 Å². The molecule has 0 saturated carbocycles. The van der Waals surface area contributed by atoms with Crippen molar-refractivity contribution in [1.82, 2.24) is 24.4 Å². The van der Waals surface area contributed by atoms with Gasteiger partial charge in [0.05, 0.1) is 35.7 Å². The van der Waals surface area contributed by atoms with Gasteiger partial charge in [-0.2, -0.15) is 0 Å². The summed E-state index contributed by atoms with van der Waals surface area (Å²) >= 11 is 0. The second kappa shape index (κ2) is 7.26. The summed E-state index contributed by atoms with van der Waals surface area (Å²) in [6.45, 7) is 1.13. The van der Waals surface area contributed by atoms with Gasteiger partial charge in [0.1, 0.15) is 11.5 Å². The number of benzene rings is 1. The van der Waals surface area contributed by atoms with Crippen LogP contribution in [0.5, 0.6) is 0 Å². The fourth-order valence-electron chi connectivity index (χ4n) is 3.51. The number of piperidine rings is 1. The first-order chi connectivity index (χ1) is 13.1. The molecule has 0 bridgehead atoms. The van der Waals surface area contributed by atoms with E-state index < -0.39 is 5.82 Å². The van der Waals surface area contributed by atoms with Crippen LogP contribution in [0.1, 0.15) is 34.8 Å². The largest absolute Gasteiger partial charge is 0.338 e. The molecule has 1 atom stereocenters. The Kier molecular flexibility index (Phi) is 4.66. The van der Waals surface area contributed by atoms with Gasteiger partial charge >= 0.3 is 0 Å². The lowest BCUT2D eigenvalue weighted by atomic mass is 9.94. The molecule has 1 fully saturated rings. The summed E-state index contributed by atoms with van der Waals surface area (Å²) in [7, 11) is 1.91. The van der Waals surface area contributed by atoms with E-state index in [1.165, 1.54) is 12.1 Å². The number of nitrogens with zero attached hydrogens (tertiary/aromatic N) is 5. The van der Waals surface area contributed by atoms with Gasteiger partial charge in [-0.25, -0.2) is 14.4 Å². The molecule has 0 aliphatic carbocycles. The first-order valence-electron chi connectivity index (χ1n) is 8.96. The summed E-state index contributed by atoms with van der Waals surface area (Å²) in [5.41, 5.74) is 2.61. The Hall–Kier alpha value is -3.09. The summed E-state index contributed by atoms with van der Waals surface area (Å²) in [5, 5.41) is 0. The summed E-state index contributed by atoms with van der Waals surface area (Å²) in [4.78, 5) is 27.7. The molecule has 6 nitrogen and oxygen atoms in total. The lowest BCUT2D eigenvalue weighted by Gasteiger charge is -2.32. The highest BCUT2D eigenvalue weighted by Gasteiger charge is 2.28. The monoisotopic (exact) mass is 365 g/mol. The lowest BCUT2D eigenvalue weighted by Crippen LogP contribution is -2.39. The highest BCUT2D eigenvalue weighted by Crippen LogP contribution is 2.28. The van der Waals surface area contributed by atoms with Crippen LogP contribution in [0.15, 0.2) is 49.2 Å². The zero-order valence-electron chi connectivity index (χ0n) is 15.0. The molecular formula is C20H20FN5O. The Balaban J connectivity index is 1.56. The van der Waals surface area contributed by atoms with Crippen molar-refractivity contribution >= 4 is 5.91 Å². The Morgan fingerprint density at radius 2 is 2.04 bits per heavy atom. The van der Waals surface area contributed by atoms with E-state index >= 15 is 0 Å². The van der Waals surface area contributed by atoms with Crippen molar-refractivity contribution in [3.05, 3.63) is 66.3 Å². The van der Waals surface area contributed by atoms with Gasteiger partial charge in [-0.05, 0) is 25.0 Å². The normalized spacial score (nSPS) is 17.1. The summed E-state index contributed by atoms with van der Waals surface area (Å²) in [5.74, 6) is -0.675. The van der Waals surface area contributed by atoms with Crippen LogP contribution in [-0.2, 0) is 7.05 Å². The number of imidazole rings is 1. The fraction of sp³-hybridized carbons (Fsp3) is 0.300. The van der Waals surface area contributed by atoms with E-state index in [9.17, 15) is 9.18 Å². The smallest absolute Gasteiger partial charge is 0.256 e. The number of hydrogen-bond acceptors (Lipinski definition) is 4. The highest BCUT2D eigenvalue weighted by atomic mass is 19.1. The molecule has 0 unspecified atom stereocenters. The molecule has 27 heavy (non-hydrogen) atoms. The van der Waals surface area contributed by atoms with Crippen molar-refractivity contribution in [2.75, 3.05) is 13.1 Å². The molecule has 7 heteroatoms. The Bertz CT molecular complexity index is 970. The quantitative estimate of drug-likeness (QED) is 0.716. The van der Waals surface area contributed by atoms with Crippen LogP contribution in [0.4, 0.5) is 4.39 Å². The Labute approximate surface area is 156 Å². The maximum absolute atomic E-state index is 14.0. The minimum absolute atomic E-state index is 0.0788. The maximum atomic E-state index is 14.0. The van der Waals surface area contributed by atoms with Gasteiger partial charge in [0.25, 0.3) is 5.91 Å². The first kappa shape index (κ1) is 17.3. The highest BCUT2D eigenvalue weighted by molar-refractivity contribution is 5.94. The van der Waals surface area contributed by atoms with Crippen molar-refractivity contribution in [2.24, 2.45) is 7.05 Å². The van der Waals surface area contributed by atoms with Crippen LogP contribution in [0, 0.1) is 5.82 Å². The number of carbonyl (C=O) groups excluding carboxylic acids is 1. The van der Waals surface area contributed by atoms with E-state index in [4.69, 9.17) is 4.98 Å². The number of aryl methyl sites for hydroxylation is 1. The van der Waals surface area contributed by atoms with Crippen LogP contribution in [0.3, 0.4) is 0 Å². The van der Waals surface area contributed by atoms with E-state index in [1.807, 2.05) is 11.6 Å². The Morgan fingerprint density at radius 3 is 2.81 bits per heavy atom. The Morgan fingerprint density at radius 1 is 1.19 bits per heavy atom. The zero-order chi connectivity index (χ0) is 18.8. The maximum Gasteiger partial charge on any atom is 0.256 e. The van der Waals surface area contributed by atoms with Gasteiger partial charge in [-0.15, -0.1) is 0 Å². The number of aromatic nitrogens is 4. The molecule has 1 aliphatic heterocycles. The predicted octanol–water partition coefficient (Wildman–Crippen LogP) is 3.04. The SMILES string of the molecule is Cn1cncc1-c1cncc([C@H]2CCCN(C(=O)c3ccccc3F)C2)n1. The van der Waals surface area contributed by atoms with Gasteiger partial charge in [0.15, 0.2) is 0 Å². The minimum atomic E-state index is -0.484. The number of halogens is 1. The van der Waals surface area contributed by atoms with E-state index in [0.29, 0.717) is 13.1 Å². The summed E-state index contributed by atoms with van der Waals surface area (Å²) in [6, 6.07) is 6.12. The molecule has 1 saturated heterocycles. The average molecular weight is 365 g/mol. The van der Waals surface area contributed by atoms with Crippen LogP contribution in [0.2, 0.25) is 0 Å².